The molecule has 3 rings (SSSR count). The Labute approximate surface area is 170 Å². The fourth-order valence-corrected chi connectivity index (χ4v) is 2.67. The van der Waals surface area contributed by atoms with Crippen LogP contribution >= 0.6 is 15.9 Å². The van der Waals surface area contributed by atoms with Gasteiger partial charge in [0.15, 0.2) is 0 Å². The van der Waals surface area contributed by atoms with E-state index in [0.717, 1.165) is 10.2 Å². The van der Waals surface area contributed by atoms with Crippen LogP contribution in [0.4, 0.5) is 0 Å². The smallest absolute Gasteiger partial charge is 0.343 e. The van der Waals surface area contributed by atoms with Crippen LogP contribution in [0.25, 0.3) is 0 Å². The zero-order valence-corrected chi connectivity index (χ0v) is 16.5. The molecule has 1 amide bonds. The van der Waals surface area contributed by atoms with Crippen molar-refractivity contribution in [1.82, 2.24) is 10.4 Å². The highest BCUT2D eigenvalue weighted by Gasteiger charge is 2.09. The normalized spacial score (nSPS) is 10.6. The number of esters is 1. The Kier molecular flexibility index (Phi) is 6.29. The maximum Gasteiger partial charge on any atom is 0.343 e. The number of carbonyl (C=O) groups is 2. The molecule has 0 aliphatic rings. The summed E-state index contributed by atoms with van der Waals surface area (Å²) in [5, 5.41) is 3.93. The fraction of sp³-hybridized carbons (Fsp3) is 0.0476. The molecule has 0 spiro atoms. The molecular weight excluding hydrogens is 422 g/mol. The number of aryl methyl sites for hydroxylation is 1. The number of carbonyl (C=O) groups excluding carboxylic acids is 2. The predicted molar refractivity (Wildman–Crippen MR) is 110 cm³/mol. The van der Waals surface area contributed by atoms with Crippen LogP contribution in [0.15, 0.2) is 76.4 Å². The van der Waals surface area contributed by atoms with E-state index in [1.165, 1.54) is 12.4 Å². The number of hydrogen-bond acceptors (Lipinski definition) is 5. The molecule has 1 N–H and O–H groups in total. The first-order valence-electron chi connectivity index (χ1n) is 8.35. The molecule has 3 aromatic rings. The molecule has 0 saturated carbocycles. The Morgan fingerprint density at radius 2 is 1.89 bits per heavy atom. The van der Waals surface area contributed by atoms with Gasteiger partial charge in [-0.05, 0) is 55.0 Å². The number of hydrogen-bond donors (Lipinski definition) is 1. The molecule has 0 atom stereocenters. The number of ether oxygens (including phenoxy) is 1. The summed E-state index contributed by atoms with van der Waals surface area (Å²) >= 11 is 3.32. The van der Waals surface area contributed by atoms with Gasteiger partial charge in [-0.15, -0.1) is 0 Å². The first-order chi connectivity index (χ1) is 13.5. The minimum atomic E-state index is -0.462. The second kappa shape index (κ2) is 9.05. The van der Waals surface area contributed by atoms with E-state index in [1.807, 2.05) is 13.0 Å². The van der Waals surface area contributed by atoms with Crippen molar-refractivity contribution in [2.24, 2.45) is 5.10 Å². The molecule has 140 valence electrons. The third kappa shape index (κ3) is 5.34. The lowest BCUT2D eigenvalue weighted by molar-refractivity contribution is 0.0734. The van der Waals surface area contributed by atoms with Crippen LogP contribution in [-0.4, -0.2) is 23.1 Å². The van der Waals surface area contributed by atoms with Gasteiger partial charge in [0.1, 0.15) is 5.75 Å². The SMILES string of the molecule is Cc1ccc(C(=O)N/N=C\c2cccc(OC(=O)c3cccc(Br)c3)c2)cn1. The lowest BCUT2D eigenvalue weighted by Gasteiger charge is -2.05. The van der Waals surface area contributed by atoms with Crippen LogP contribution in [0.1, 0.15) is 32.0 Å². The number of rotatable bonds is 5. The molecule has 0 aliphatic carbocycles. The summed E-state index contributed by atoms with van der Waals surface area (Å²) in [6, 6.07) is 17.2. The molecule has 0 unspecified atom stereocenters. The van der Waals surface area contributed by atoms with Crippen molar-refractivity contribution in [1.29, 1.82) is 0 Å². The monoisotopic (exact) mass is 437 g/mol. The van der Waals surface area contributed by atoms with E-state index in [1.54, 1.807) is 54.6 Å². The molecule has 1 aromatic heterocycles. The van der Waals surface area contributed by atoms with Crippen LogP contribution in [0, 0.1) is 6.92 Å². The van der Waals surface area contributed by atoms with Gasteiger partial charge in [-0.3, -0.25) is 9.78 Å². The summed E-state index contributed by atoms with van der Waals surface area (Å²) in [6.45, 7) is 1.84. The Morgan fingerprint density at radius 1 is 1.07 bits per heavy atom. The van der Waals surface area contributed by atoms with E-state index in [4.69, 9.17) is 4.74 Å². The van der Waals surface area contributed by atoms with Crippen molar-refractivity contribution in [2.45, 2.75) is 6.92 Å². The van der Waals surface area contributed by atoms with Gasteiger partial charge in [-0.25, -0.2) is 10.2 Å². The van der Waals surface area contributed by atoms with Crippen LogP contribution in [0.3, 0.4) is 0 Å². The summed E-state index contributed by atoms with van der Waals surface area (Å²) in [5.41, 5.74) is 4.79. The van der Waals surface area contributed by atoms with Gasteiger partial charge >= 0.3 is 5.97 Å². The Bertz CT molecular complexity index is 1030. The highest BCUT2D eigenvalue weighted by molar-refractivity contribution is 9.10. The second-order valence-electron chi connectivity index (χ2n) is 5.86. The molecular formula is C21H16BrN3O3. The number of amides is 1. The minimum absolute atomic E-state index is 0.360. The summed E-state index contributed by atoms with van der Waals surface area (Å²) in [7, 11) is 0. The van der Waals surface area contributed by atoms with E-state index >= 15 is 0 Å². The topological polar surface area (TPSA) is 80.6 Å². The average Bonchev–Trinajstić information content (AvgIpc) is 2.69. The zero-order chi connectivity index (χ0) is 19.9. The van der Waals surface area contributed by atoms with Gasteiger partial charge in [0.05, 0.1) is 17.3 Å². The van der Waals surface area contributed by atoms with Gasteiger partial charge in [-0.1, -0.05) is 34.1 Å². The van der Waals surface area contributed by atoms with Gasteiger partial charge in [-0.2, -0.15) is 5.10 Å². The number of nitrogens with one attached hydrogen (secondary N) is 1. The molecule has 28 heavy (non-hydrogen) atoms. The minimum Gasteiger partial charge on any atom is -0.423 e. The number of pyridine rings is 1. The third-order valence-corrected chi connectivity index (χ3v) is 4.18. The first-order valence-corrected chi connectivity index (χ1v) is 9.14. The number of hydrazone groups is 1. The average molecular weight is 438 g/mol. The van der Waals surface area contributed by atoms with Crippen molar-refractivity contribution in [3.8, 4) is 5.75 Å². The van der Waals surface area contributed by atoms with E-state index in [0.29, 0.717) is 22.4 Å². The maximum atomic E-state index is 12.2. The molecule has 0 fully saturated rings. The number of aromatic nitrogens is 1. The van der Waals surface area contributed by atoms with Crippen molar-refractivity contribution in [3.63, 3.8) is 0 Å². The second-order valence-corrected chi connectivity index (χ2v) is 6.78. The van der Waals surface area contributed by atoms with Gasteiger partial charge in [0.2, 0.25) is 0 Å². The molecule has 7 heteroatoms. The van der Waals surface area contributed by atoms with Gasteiger partial charge in [0, 0.05) is 16.4 Å². The van der Waals surface area contributed by atoms with Crippen molar-refractivity contribution >= 4 is 34.0 Å². The number of benzene rings is 2. The largest absolute Gasteiger partial charge is 0.423 e. The zero-order valence-electron chi connectivity index (χ0n) is 14.9. The first kappa shape index (κ1) is 19.4. The van der Waals surface area contributed by atoms with Crippen molar-refractivity contribution in [2.75, 3.05) is 0 Å². The lowest BCUT2D eigenvalue weighted by Crippen LogP contribution is -2.17. The van der Waals surface area contributed by atoms with Crippen molar-refractivity contribution < 1.29 is 14.3 Å². The van der Waals surface area contributed by atoms with Crippen LogP contribution in [0.5, 0.6) is 5.75 Å². The molecule has 0 bridgehead atoms. The summed E-state index contributed by atoms with van der Waals surface area (Å²) in [6.07, 6.45) is 2.96. The number of nitrogens with zero attached hydrogens (tertiary/aromatic N) is 2. The lowest BCUT2D eigenvalue weighted by atomic mass is 10.2. The van der Waals surface area contributed by atoms with E-state index in [-0.39, 0.29) is 5.91 Å². The summed E-state index contributed by atoms with van der Waals surface area (Å²) < 4.78 is 6.18. The van der Waals surface area contributed by atoms with E-state index < -0.39 is 5.97 Å². The van der Waals surface area contributed by atoms with Gasteiger partial charge in [0.25, 0.3) is 5.91 Å². The third-order valence-electron chi connectivity index (χ3n) is 3.68. The Morgan fingerprint density at radius 3 is 2.64 bits per heavy atom. The molecule has 2 aromatic carbocycles. The highest BCUT2D eigenvalue weighted by atomic mass is 79.9. The van der Waals surface area contributed by atoms with Crippen LogP contribution in [-0.2, 0) is 0 Å². The summed E-state index contributed by atoms with van der Waals surface area (Å²) in [5.74, 6) is -0.445. The van der Waals surface area contributed by atoms with Crippen LogP contribution < -0.4 is 10.2 Å². The molecule has 0 radical (unpaired) electrons. The summed E-state index contributed by atoms with van der Waals surface area (Å²) in [4.78, 5) is 28.3. The van der Waals surface area contributed by atoms with Crippen LogP contribution in [0.2, 0.25) is 0 Å². The van der Waals surface area contributed by atoms with E-state index in [9.17, 15) is 9.59 Å². The number of halogens is 1. The molecule has 6 nitrogen and oxygen atoms in total. The van der Waals surface area contributed by atoms with E-state index in [2.05, 4.69) is 31.4 Å². The van der Waals surface area contributed by atoms with Gasteiger partial charge < -0.3 is 4.74 Å². The molecule has 1 heterocycles. The highest BCUT2D eigenvalue weighted by Crippen LogP contribution is 2.17. The molecule has 0 aliphatic heterocycles. The van der Waals surface area contributed by atoms with Crippen molar-refractivity contribution in [3.05, 3.63) is 93.7 Å². The predicted octanol–water partition coefficient (Wildman–Crippen LogP) is 4.14. The Balaban J connectivity index is 1.62. The Hall–Kier alpha value is -3.32. The maximum absolute atomic E-state index is 12.2. The molecule has 0 saturated heterocycles. The fourth-order valence-electron chi connectivity index (χ4n) is 2.27. The quantitative estimate of drug-likeness (QED) is 0.281. The standard InChI is InChI=1S/C21H16BrN3O3/c1-14-8-9-17(13-23-14)20(26)25-24-12-15-4-2-7-19(10-15)28-21(27)16-5-3-6-18(22)11-16/h2-13H,1H3,(H,25,26)/b24-12-.